The molecular formula is C24H20NO+. The number of hydrogen-bond acceptors (Lipinski definition) is 1. The van der Waals surface area contributed by atoms with Crippen molar-refractivity contribution in [3.05, 3.63) is 108 Å². The van der Waals surface area contributed by atoms with Crippen molar-refractivity contribution in [3.8, 4) is 22.6 Å². The maximum atomic E-state index is 6.25. The summed E-state index contributed by atoms with van der Waals surface area (Å²) in [4.78, 5) is 0. The average molecular weight is 338 g/mol. The molecule has 0 atom stereocenters. The highest BCUT2D eigenvalue weighted by molar-refractivity contribution is 5.62. The second-order valence-electron chi connectivity index (χ2n) is 6.17. The van der Waals surface area contributed by atoms with Crippen LogP contribution in [0.15, 0.2) is 108 Å². The Morgan fingerprint density at radius 3 is 1.46 bits per heavy atom. The fraction of sp³-hybridized carbons (Fsp3) is 0.0417. The molecule has 0 fully saturated rings. The van der Waals surface area contributed by atoms with Crippen LogP contribution >= 0.6 is 0 Å². The predicted molar refractivity (Wildman–Crippen MR) is 107 cm³/mol. The molecule has 126 valence electrons. The van der Waals surface area contributed by atoms with Crippen molar-refractivity contribution in [1.82, 2.24) is 4.58 Å². The van der Waals surface area contributed by atoms with Crippen LogP contribution < -0.4 is 9.93 Å². The molecule has 2 heteroatoms. The Morgan fingerprint density at radius 1 is 0.577 bits per heavy atom. The lowest BCUT2D eigenvalue weighted by molar-refractivity contribution is 0.577. The second kappa shape index (κ2) is 7.24. The Morgan fingerprint density at radius 2 is 1.00 bits per heavy atom. The topological polar surface area (TPSA) is 16.1 Å². The van der Waals surface area contributed by atoms with Gasteiger partial charge >= 0.3 is 0 Å². The van der Waals surface area contributed by atoms with Crippen molar-refractivity contribution in [2.45, 2.75) is 0 Å². The zero-order valence-corrected chi connectivity index (χ0v) is 14.7. The number of nitrogens with zero attached hydrogens (tertiary/aromatic N) is 1. The van der Waals surface area contributed by atoms with Crippen LogP contribution in [0.1, 0.15) is 0 Å². The lowest BCUT2D eigenvalue weighted by Crippen LogP contribution is -2.21. The summed E-state index contributed by atoms with van der Waals surface area (Å²) in [6, 6.07) is 34.9. The fourth-order valence-corrected chi connectivity index (χ4v) is 2.97. The number of benzene rings is 3. The van der Waals surface area contributed by atoms with Gasteiger partial charge in [-0.3, -0.25) is 0 Å². The first-order valence-corrected chi connectivity index (χ1v) is 8.69. The van der Waals surface area contributed by atoms with E-state index in [4.69, 9.17) is 4.42 Å². The standard InChI is InChI=1S/C24H20NO/c1-25(21-15-9-4-10-16-21)22-17-23(19-11-5-2-6-12-19)26-24(18-22)20-13-7-3-8-14-20/h2-18H,1H3/q+1. The Bertz CT molecular complexity index is 1000. The van der Waals surface area contributed by atoms with E-state index < -0.39 is 0 Å². The van der Waals surface area contributed by atoms with Gasteiger partial charge in [0.15, 0.2) is 0 Å². The minimum atomic E-state index is 0.852. The molecule has 0 aliphatic carbocycles. The van der Waals surface area contributed by atoms with Gasteiger partial charge in [0.25, 0.3) is 0 Å². The number of para-hydroxylation sites is 1. The quantitative estimate of drug-likeness (QED) is 0.460. The molecule has 3 aromatic carbocycles. The zero-order chi connectivity index (χ0) is 17.8. The molecule has 0 saturated carbocycles. The van der Waals surface area contributed by atoms with Crippen LogP contribution in [0.3, 0.4) is 0 Å². The van der Waals surface area contributed by atoms with Gasteiger partial charge in [0.2, 0.25) is 11.0 Å². The van der Waals surface area contributed by atoms with E-state index in [-0.39, 0.29) is 0 Å². The maximum Gasteiger partial charge on any atom is 0.212 e. The first-order valence-electron chi connectivity index (χ1n) is 8.69. The van der Waals surface area contributed by atoms with Gasteiger partial charge < -0.3 is 4.42 Å². The van der Waals surface area contributed by atoms with Gasteiger partial charge in [-0.1, -0.05) is 78.9 Å². The normalized spacial score (nSPS) is 10.5. The molecule has 4 rings (SSSR count). The summed E-state index contributed by atoms with van der Waals surface area (Å²) in [6.45, 7) is 0. The van der Waals surface area contributed by atoms with Gasteiger partial charge in [0, 0.05) is 23.3 Å². The van der Waals surface area contributed by atoms with Gasteiger partial charge in [0.1, 0.15) is 18.6 Å². The monoisotopic (exact) mass is 338 g/mol. The van der Waals surface area contributed by atoms with Crippen molar-refractivity contribution in [2.24, 2.45) is 0 Å². The van der Waals surface area contributed by atoms with Crippen molar-refractivity contribution in [2.75, 3.05) is 7.05 Å². The fourth-order valence-electron chi connectivity index (χ4n) is 2.97. The first kappa shape index (κ1) is 16.1. The number of hydrogen-bond donors (Lipinski definition) is 0. The Balaban J connectivity index is 1.97. The van der Waals surface area contributed by atoms with Crippen molar-refractivity contribution >= 4 is 5.69 Å². The van der Waals surface area contributed by atoms with E-state index in [9.17, 15) is 0 Å². The molecule has 0 amide bonds. The van der Waals surface area contributed by atoms with Crippen LogP contribution in [-0.4, -0.2) is 7.05 Å². The minimum absolute atomic E-state index is 0.852. The Labute approximate surface area is 153 Å². The highest BCUT2D eigenvalue weighted by Gasteiger charge is 2.11. The van der Waals surface area contributed by atoms with Crippen LogP contribution in [-0.2, 0) is 0 Å². The van der Waals surface area contributed by atoms with E-state index in [0.29, 0.717) is 0 Å². The van der Waals surface area contributed by atoms with Crippen molar-refractivity contribution in [1.29, 1.82) is 0 Å². The summed E-state index contributed by atoms with van der Waals surface area (Å²) >= 11 is 0. The second-order valence-corrected chi connectivity index (χ2v) is 6.17. The molecule has 2 nitrogen and oxygen atoms in total. The molecule has 0 saturated heterocycles. The van der Waals surface area contributed by atoms with Gasteiger partial charge in [-0.2, -0.15) is 4.58 Å². The third kappa shape index (κ3) is 3.35. The summed E-state index contributed by atoms with van der Waals surface area (Å²) in [5.74, 6) is 1.70. The van der Waals surface area contributed by atoms with E-state index in [0.717, 1.165) is 33.7 Å². The van der Waals surface area contributed by atoms with Crippen LogP contribution in [0.5, 0.6) is 0 Å². The highest BCUT2D eigenvalue weighted by atomic mass is 16.3. The highest BCUT2D eigenvalue weighted by Crippen LogP contribution is 2.24. The molecule has 0 aliphatic rings. The van der Waals surface area contributed by atoms with Gasteiger partial charge in [0.05, 0.1) is 12.1 Å². The van der Waals surface area contributed by atoms with E-state index in [1.807, 2.05) is 42.5 Å². The molecule has 0 bridgehead atoms. The van der Waals surface area contributed by atoms with E-state index in [1.54, 1.807) is 0 Å². The molecule has 0 aliphatic heterocycles. The predicted octanol–water partition coefficient (Wildman–Crippen LogP) is 5.35. The molecule has 4 aromatic rings. The average Bonchev–Trinajstić information content (AvgIpc) is 2.75. The van der Waals surface area contributed by atoms with Crippen LogP contribution in [0.25, 0.3) is 22.6 Å². The smallest absolute Gasteiger partial charge is 0.212 e. The number of rotatable bonds is 3. The Hall–Kier alpha value is -3.39. The third-order valence-electron chi connectivity index (χ3n) is 4.43. The largest absolute Gasteiger partial charge is 0.456 e. The minimum Gasteiger partial charge on any atom is -0.456 e. The van der Waals surface area contributed by atoms with Crippen LogP contribution in [0.2, 0.25) is 0 Å². The molecule has 1 heterocycles. The van der Waals surface area contributed by atoms with E-state index >= 15 is 0 Å². The molecular weight excluding hydrogens is 318 g/mol. The summed E-state index contributed by atoms with van der Waals surface area (Å²) in [6.07, 6.45) is 0. The summed E-state index contributed by atoms with van der Waals surface area (Å²) < 4.78 is 8.42. The van der Waals surface area contributed by atoms with E-state index in [1.165, 1.54) is 0 Å². The Kier molecular flexibility index (Phi) is 4.48. The van der Waals surface area contributed by atoms with Crippen molar-refractivity contribution < 1.29 is 4.42 Å². The maximum absolute atomic E-state index is 6.25. The zero-order valence-electron chi connectivity index (χ0n) is 14.7. The van der Waals surface area contributed by atoms with Gasteiger partial charge in [-0.15, -0.1) is 0 Å². The molecule has 0 unspecified atom stereocenters. The lowest BCUT2D eigenvalue weighted by atomic mass is 10.1. The van der Waals surface area contributed by atoms with Crippen LogP contribution in [0.4, 0.5) is 5.69 Å². The summed E-state index contributed by atoms with van der Waals surface area (Å²) in [5.41, 5.74) is 3.26. The van der Waals surface area contributed by atoms with Crippen LogP contribution in [0, 0.1) is 0 Å². The molecule has 0 spiro atoms. The van der Waals surface area contributed by atoms with Crippen molar-refractivity contribution in [3.63, 3.8) is 0 Å². The van der Waals surface area contributed by atoms with Gasteiger partial charge in [-0.05, 0) is 0 Å². The first-order chi connectivity index (χ1) is 12.8. The lowest BCUT2D eigenvalue weighted by Gasteiger charge is -2.06. The molecule has 26 heavy (non-hydrogen) atoms. The third-order valence-corrected chi connectivity index (χ3v) is 4.43. The van der Waals surface area contributed by atoms with Gasteiger partial charge in [-0.25, -0.2) is 0 Å². The summed E-state index contributed by atoms with van der Waals surface area (Å²) in [5, 5.41) is 1.08. The molecule has 1 aromatic heterocycles. The SMILES string of the molecule is C[N+](c1ccccc1)=c1cc(-c2ccccc2)oc(-c2ccccc2)c1. The molecule has 0 radical (unpaired) electrons. The molecule has 0 N–H and O–H groups in total. The van der Waals surface area contributed by atoms with E-state index in [2.05, 4.69) is 72.3 Å². The summed E-state index contributed by atoms with van der Waals surface area (Å²) in [7, 11) is 2.08.